The first kappa shape index (κ1) is 16.2. The second-order valence-electron chi connectivity index (χ2n) is 4.87. The summed E-state index contributed by atoms with van der Waals surface area (Å²) < 4.78 is 5.27. The molecular weight excluding hydrogens is 357 g/mol. The van der Waals surface area contributed by atoms with E-state index >= 15 is 0 Å². The minimum Gasteiger partial charge on any atom is -0.457 e. The van der Waals surface area contributed by atoms with Gasteiger partial charge in [-0.15, -0.1) is 11.8 Å². The molecule has 23 heavy (non-hydrogen) atoms. The molecule has 0 aromatic heterocycles. The van der Waals surface area contributed by atoms with Crippen LogP contribution in [0, 0.1) is 0 Å². The Bertz CT molecular complexity index is 795. The lowest BCUT2D eigenvalue weighted by molar-refractivity contribution is -0.113. The van der Waals surface area contributed by atoms with E-state index < -0.39 is 5.97 Å². The van der Waals surface area contributed by atoms with Gasteiger partial charge in [-0.05, 0) is 35.9 Å². The minimum atomic E-state index is -0.469. The number of thioether (sulfide) groups is 1. The van der Waals surface area contributed by atoms with Crippen molar-refractivity contribution in [3.8, 4) is 0 Å². The normalized spacial score (nSPS) is 13.2. The van der Waals surface area contributed by atoms with Crippen molar-refractivity contribution < 1.29 is 14.3 Å². The number of nitrogens with one attached hydrogen (secondary N) is 1. The van der Waals surface area contributed by atoms with Gasteiger partial charge < -0.3 is 10.1 Å². The molecule has 4 nitrogen and oxygen atoms in total. The van der Waals surface area contributed by atoms with E-state index in [-0.39, 0.29) is 12.5 Å². The van der Waals surface area contributed by atoms with Crippen LogP contribution in [0.15, 0.2) is 41.3 Å². The smallest absolute Gasteiger partial charge is 0.338 e. The van der Waals surface area contributed by atoms with Gasteiger partial charge in [0.1, 0.15) is 6.61 Å². The number of anilines is 1. The summed E-state index contributed by atoms with van der Waals surface area (Å²) in [5.74, 6) is -0.166. The quantitative estimate of drug-likeness (QED) is 0.817. The standard InChI is InChI=1S/C16H11Cl2NO3S/c17-11-3-1-9(5-12(11)18)7-22-16(21)10-2-4-14-13(6-10)19-15(20)8-23-14/h1-6H,7-8H2,(H,19,20). The van der Waals surface area contributed by atoms with Gasteiger partial charge in [0.15, 0.2) is 0 Å². The van der Waals surface area contributed by atoms with Gasteiger partial charge in [-0.25, -0.2) is 4.79 Å². The predicted octanol–water partition coefficient (Wildman–Crippen LogP) is 4.39. The van der Waals surface area contributed by atoms with Gasteiger partial charge in [0.2, 0.25) is 5.91 Å². The van der Waals surface area contributed by atoms with Gasteiger partial charge in [-0.3, -0.25) is 4.79 Å². The zero-order valence-electron chi connectivity index (χ0n) is 11.8. The molecular formula is C16H11Cl2NO3S. The molecule has 0 spiro atoms. The monoisotopic (exact) mass is 367 g/mol. The summed E-state index contributed by atoms with van der Waals surface area (Å²) in [7, 11) is 0. The van der Waals surface area contributed by atoms with Crippen LogP contribution in [0.25, 0.3) is 0 Å². The number of hydrogen-bond donors (Lipinski definition) is 1. The molecule has 0 bridgehead atoms. The third kappa shape index (κ3) is 3.80. The Morgan fingerprint density at radius 2 is 2.00 bits per heavy atom. The first-order valence-corrected chi connectivity index (χ1v) is 8.45. The summed E-state index contributed by atoms with van der Waals surface area (Å²) in [5.41, 5.74) is 1.76. The average Bonchev–Trinajstić information content (AvgIpc) is 2.55. The average molecular weight is 368 g/mol. The molecule has 1 amide bonds. The number of amides is 1. The Hall–Kier alpha value is -1.69. The number of benzene rings is 2. The summed E-state index contributed by atoms with van der Waals surface area (Å²) in [6, 6.07) is 10.1. The lowest BCUT2D eigenvalue weighted by Crippen LogP contribution is -2.19. The van der Waals surface area contributed by atoms with E-state index in [2.05, 4.69) is 5.32 Å². The van der Waals surface area contributed by atoms with Gasteiger partial charge in [-0.1, -0.05) is 29.3 Å². The molecule has 2 aromatic rings. The highest BCUT2D eigenvalue weighted by Crippen LogP contribution is 2.32. The van der Waals surface area contributed by atoms with Crippen LogP contribution < -0.4 is 5.32 Å². The van der Waals surface area contributed by atoms with Crippen molar-refractivity contribution in [1.82, 2.24) is 0 Å². The molecule has 0 atom stereocenters. The zero-order valence-corrected chi connectivity index (χ0v) is 14.1. The van der Waals surface area contributed by atoms with Crippen molar-refractivity contribution in [2.45, 2.75) is 11.5 Å². The maximum absolute atomic E-state index is 12.1. The largest absolute Gasteiger partial charge is 0.457 e. The summed E-state index contributed by atoms with van der Waals surface area (Å²) in [4.78, 5) is 24.5. The molecule has 118 valence electrons. The van der Waals surface area contributed by atoms with Crippen molar-refractivity contribution in [1.29, 1.82) is 0 Å². The predicted molar refractivity (Wildman–Crippen MR) is 91.4 cm³/mol. The number of ether oxygens (including phenoxy) is 1. The van der Waals surface area contributed by atoms with E-state index in [0.29, 0.717) is 27.0 Å². The lowest BCUT2D eigenvalue weighted by Gasteiger charge is -2.16. The maximum atomic E-state index is 12.1. The van der Waals surface area contributed by atoms with Gasteiger partial charge in [-0.2, -0.15) is 0 Å². The third-order valence-corrected chi connectivity index (χ3v) is 5.01. The Morgan fingerprint density at radius 1 is 1.17 bits per heavy atom. The topological polar surface area (TPSA) is 55.4 Å². The summed E-state index contributed by atoms with van der Waals surface area (Å²) in [6.07, 6.45) is 0. The van der Waals surface area contributed by atoms with E-state index in [0.717, 1.165) is 10.5 Å². The highest BCUT2D eigenvalue weighted by atomic mass is 35.5. The second-order valence-corrected chi connectivity index (χ2v) is 6.70. The van der Waals surface area contributed by atoms with Crippen LogP contribution in [0.2, 0.25) is 10.0 Å². The minimum absolute atomic E-state index is 0.0798. The van der Waals surface area contributed by atoms with Crippen molar-refractivity contribution in [3.05, 3.63) is 57.6 Å². The van der Waals surface area contributed by atoms with Crippen LogP contribution in [-0.2, 0) is 16.1 Å². The molecule has 3 rings (SSSR count). The fourth-order valence-electron chi connectivity index (χ4n) is 2.07. The third-order valence-electron chi connectivity index (χ3n) is 3.20. The summed E-state index contributed by atoms with van der Waals surface area (Å²) >= 11 is 13.2. The number of carbonyl (C=O) groups excluding carboxylic acids is 2. The first-order valence-electron chi connectivity index (χ1n) is 6.70. The number of halogens is 2. The first-order chi connectivity index (χ1) is 11.0. The van der Waals surface area contributed by atoms with Crippen LogP contribution in [0.4, 0.5) is 5.69 Å². The number of hydrogen-bond acceptors (Lipinski definition) is 4. The van der Waals surface area contributed by atoms with E-state index in [9.17, 15) is 9.59 Å². The van der Waals surface area contributed by atoms with E-state index in [1.54, 1.807) is 36.4 Å². The molecule has 1 heterocycles. The summed E-state index contributed by atoms with van der Waals surface area (Å²) in [5, 5.41) is 3.60. The van der Waals surface area contributed by atoms with Crippen LogP contribution in [0.5, 0.6) is 0 Å². The molecule has 1 N–H and O–H groups in total. The number of rotatable bonds is 3. The van der Waals surface area contributed by atoms with Crippen molar-refractivity contribution in [2.75, 3.05) is 11.1 Å². The molecule has 0 saturated heterocycles. The molecule has 0 fully saturated rings. The van der Waals surface area contributed by atoms with Crippen LogP contribution in [-0.4, -0.2) is 17.6 Å². The van der Waals surface area contributed by atoms with Gasteiger partial charge >= 0.3 is 5.97 Å². The molecule has 2 aromatic carbocycles. The van der Waals surface area contributed by atoms with Gasteiger partial charge in [0.05, 0.1) is 27.0 Å². The maximum Gasteiger partial charge on any atom is 0.338 e. The molecule has 7 heteroatoms. The number of esters is 1. The molecule has 0 unspecified atom stereocenters. The van der Waals surface area contributed by atoms with E-state index in [1.807, 2.05) is 0 Å². The van der Waals surface area contributed by atoms with Gasteiger partial charge in [0.25, 0.3) is 0 Å². The SMILES string of the molecule is O=C1CSc2ccc(C(=O)OCc3ccc(Cl)c(Cl)c3)cc2N1. The van der Waals surface area contributed by atoms with Crippen LogP contribution >= 0.6 is 35.0 Å². The molecule has 0 radical (unpaired) electrons. The lowest BCUT2D eigenvalue weighted by atomic mass is 10.2. The van der Waals surface area contributed by atoms with E-state index in [4.69, 9.17) is 27.9 Å². The van der Waals surface area contributed by atoms with Gasteiger partial charge in [0, 0.05) is 4.90 Å². The van der Waals surface area contributed by atoms with Crippen LogP contribution in [0.3, 0.4) is 0 Å². The van der Waals surface area contributed by atoms with Crippen molar-refractivity contribution in [3.63, 3.8) is 0 Å². The highest BCUT2D eigenvalue weighted by Gasteiger charge is 2.18. The zero-order chi connectivity index (χ0) is 16.4. The number of carbonyl (C=O) groups is 2. The highest BCUT2D eigenvalue weighted by molar-refractivity contribution is 8.00. The molecule has 1 aliphatic heterocycles. The van der Waals surface area contributed by atoms with E-state index in [1.165, 1.54) is 11.8 Å². The Morgan fingerprint density at radius 3 is 2.78 bits per heavy atom. The Balaban J connectivity index is 1.69. The Labute approximate surface area is 147 Å². The second kappa shape index (κ2) is 6.83. The fourth-order valence-corrected chi connectivity index (χ4v) is 3.18. The van der Waals surface area contributed by atoms with Crippen molar-refractivity contribution >= 4 is 52.5 Å². The molecule has 0 aliphatic carbocycles. The van der Waals surface area contributed by atoms with Crippen LogP contribution in [0.1, 0.15) is 15.9 Å². The fraction of sp³-hybridized carbons (Fsp3) is 0.125. The molecule has 1 aliphatic rings. The Kier molecular flexibility index (Phi) is 4.80. The summed E-state index contributed by atoms with van der Waals surface area (Å²) in [6.45, 7) is 0.0912. The molecule has 0 saturated carbocycles. The number of fused-ring (bicyclic) bond motifs is 1. The van der Waals surface area contributed by atoms with Crippen molar-refractivity contribution in [2.24, 2.45) is 0 Å².